The second-order valence-electron chi connectivity index (χ2n) is 36.5. The molecule has 24 rings (SSSR count). The number of methoxy groups -OCH3 is 1. The molecule has 4 amide bonds. The molecule has 141 heavy (non-hydrogen) atoms. The van der Waals surface area contributed by atoms with Gasteiger partial charge in [-0.05, 0) is 182 Å². The SMILES string of the molecule is COc1ccc(CC(=O)C[C@@H]2[C@H]3Oc4ccc(Oc5ccnc6c5CCC(=O)N6)cc4[C@@H]23)cc1C(F)(F)F.O=C(Cc1cc(C(F)(F)F)ccc1F)C[C@@H]1[C@H]2Oc3ccc(Oc4ccnc5c4CCC(=O)N5)cc3[C@@H]12.O=C(Cc1ccc(F)cc1F)C[C@@H]1[C@H]2Oc3ccc(Oc4ccnc5c4CCC(=O)N5)cc3[C@@H]12.O=C(Cc1ccncn1)C[C@@H]1[C@H]2Oc3ccc(Oc4ccnc5c4CCC(=O)N5)cc3[C@@H]12. The van der Waals surface area contributed by atoms with Crippen LogP contribution in [0.3, 0.4) is 0 Å². The Labute approximate surface area is 797 Å². The lowest BCUT2D eigenvalue weighted by atomic mass is 10.00. The molecule has 12 aliphatic rings. The van der Waals surface area contributed by atoms with Crippen molar-refractivity contribution in [2.45, 2.75) is 163 Å². The van der Waals surface area contributed by atoms with Crippen molar-refractivity contribution >= 4 is 70.0 Å². The van der Waals surface area contributed by atoms with E-state index in [9.17, 15) is 77.9 Å². The van der Waals surface area contributed by atoms with Crippen LogP contribution in [0.2, 0.25) is 0 Å². The molecular formula is C105H83F9N10O17. The highest BCUT2D eigenvalue weighted by molar-refractivity contribution is 5.96. The van der Waals surface area contributed by atoms with Gasteiger partial charge in [-0.3, -0.25) is 38.4 Å². The maximum absolute atomic E-state index is 14.1. The van der Waals surface area contributed by atoms with Crippen LogP contribution in [0.4, 0.5) is 62.8 Å². The van der Waals surface area contributed by atoms with Crippen LogP contribution in [0.5, 0.6) is 74.7 Å². The van der Waals surface area contributed by atoms with Crippen LogP contribution >= 0.6 is 0 Å². The van der Waals surface area contributed by atoms with Gasteiger partial charge in [0, 0.05) is 206 Å². The van der Waals surface area contributed by atoms with Crippen molar-refractivity contribution in [3.8, 4) is 74.7 Å². The van der Waals surface area contributed by atoms with Gasteiger partial charge in [0.15, 0.2) is 0 Å². The number of carbonyl (C=O) groups is 8. The summed E-state index contributed by atoms with van der Waals surface area (Å²) in [6.07, 6.45) is 4.43. The van der Waals surface area contributed by atoms with Crippen LogP contribution in [-0.4, -0.2) is 108 Å². The Morgan fingerprint density at radius 3 is 1.09 bits per heavy atom. The number of nitrogens with zero attached hydrogens (tertiary/aromatic N) is 6. The molecule has 27 nitrogen and oxygen atoms in total. The molecule has 8 aliphatic heterocycles. The van der Waals surface area contributed by atoms with E-state index in [0.29, 0.717) is 157 Å². The first-order chi connectivity index (χ1) is 68.0. The Kier molecular flexibility index (Phi) is 24.2. The highest BCUT2D eigenvalue weighted by Crippen LogP contribution is 2.65. The topological polar surface area (TPSA) is 345 Å². The second-order valence-corrected chi connectivity index (χ2v) is 36.5. The van der Waals surface area contributed by atoms with Crippen molar-refractivity contribution in [3.05, 3.63) is 291 Å². The average Bonchev–Trinajstić information content (AvgIpc) is 1.57. The molecule has 12 atom stereocenters. The van der Waals surface area contributed by atoms with E-state index >= 15 is 0 Å². The van der Waals surface area contributed by atoms with Gasteiger partial charge >= 0.3 is 12.4 Å². The first kappa shape index (κ1) is 91.7. The Morgan fingerprint density at radius 2 is 0.738 bits per heavy atom. The standard InChI is InChI=1S/C28H23F3N2O5.C27H20F4N2O4.C26H20F2N2O4.C24H20N4O4/c1-36-23-5-2-14(11-20(23)28(29,30)31)10-15(34)12-19-25-18-13-16(3-6-21(18)38-26(19)25)37-22-8-9-32-27-17(22)4-7-24(35)33-27;28-20-4-1-14(27(29,30)31)9-13(20)10-15(34)11-19-24-18-12-16(2-5-21(18)37-25(19)24)36-22-7-8-32-26-17(22)3-6-23(35)33-26;27-14-2-1-13(20(28)10-14)9-15(31)11-19-24-18-12-16(3-5-21(18)34-25(19)24)33-22-7-8-29-26-17(22)4-6-23(32)30-26;29-14(9-13-5-7-25-12-27-13)10-18-22-17-11-15(1-3-19(17)32-23(18)22)31-20-6-8-26-24-16(20)2-4-21(30)28-24/h2-3,5-6,8-9,11,13,19,25-26H,4,7,10,12H2,1H3,(H,32,33,35);1-2,4-5,7-9,12,19,24-25H,3,6,10-11H2,(H,32,33,35);1-3,5,7-8,10,12,19,24-25H,4,6,9,11H2,(H,29,30,32);1,3,5-8,11-12,18,22-23H,2,4,9-10H2,(H,26,28,30)/t19-,25-,26+;2*19-,24-,25+;18-,22-,23+/m0000/s1. The molecule has 0 unspecified atom stereocenters. The predicted octanol–water partition coefficient (Wildman–Crippen LogP) is 19.0. The number of benzene rings is 7. The van der Waals surface area contributed by atoms with Crippen LogP contribution in [-0.2, 0) is 102 Å². The van der Waals surface area contributed by atoms with Gasteiger partial charge in [0.2, 0.25) is 23.6 Å². The summed E-state index contributed by atoms with van der Waals surface area (Å²) in [6, 6.07) is 40.3. The Bertz CT molecular complexity index is 7130. The van der Waals surface area contributed by atoms with E-state index in [1.165, 1.54) is 31.6 Å². The zero-order chi connectivity index (χ0) is 97.6. The lowest BCUT2D eigenvalue weighted by Gasteiger charge is -2.19. The number of halogens is 9. The Hall–Kier alpha value is -15.7. The van der Waals surface area contributed by atoms with Gasteiger partial charge in [-0.2, -0.15) is 26.3 Å². The summed E-state index contributed by atoms with van der Waals surface area (Å²) in [4.78, 5) is 122. The van der Waals surface area contributed by atoms with Crippen LogP contribution in [0.25, 0.3) is 0 Å². The fraction of sp³-hybridized carbons (Fsp3) is 0.295. The highest BCUT2D eigenvalue weighted by atomic mass is 19.4. The molecule has 4 N–H and O–H groups in total. The summed E-state index contributed by atoms with van der Waals surface area (Å²) in [5.74, 6) is 7.37. The minimum Gasteiger partial charge on any atom is -0.496 e. The molecule has 0 saturated heterocycles. The zero-order valence-electron chi connectivity index (χ0n) is 74.7. The smallest absolute Gasteiger partial charge is 0.419 e. The fourth-order valence-electron chi connectivity index (χ4n) is 20.2. The van der Waals surface area contributed by atoms with Crippen LogP contribution < -0.4 is 63.9 Å². The third-order valence-electron chi connectivity index (χ3n) is 27.2. The summed E-state index contributed by atoms with van der Waals surface area (Å²) in [5, 5.41) is 11.0. The number of nitrogens with one attached hydrogen (secondary N) is 4. The van der Waals surface area contributed by atoms with Crippen molar-refractivity contribution in [1.29, 1.82) is 0 Å². The maximum Gasteiger partial charge on any atom is 0.419 e. The molecule has 13 heterocycles. The summed E-state index contributed by atoms with van der Waals surface area (Å²) in [5.41, 5.74) is 6.43. The fourth-order valence-corrected chi connectivity index (χ4v) is 20.2. The van der Waals surface area contributed by atoms with Gasteiger partial charge < -0.3 is 63.9 Å². The van der Waals surface area contributed by atoms with E-state index in [2.05, 4.69) is 51.2 Å². The Morgan fingerprint density at radius 1 is 0.362 bits per heavy atom. The van der Waals surface area contributed by atoms with Crippen molar-refractivity contribution in [1.82, 2.24) is 29.9 Å². The van der Waals surface area contributed by atoms with Crippen molar-refractivity contribution in [2.75, 3.05) is 28.4 Å². The predicted molar refractivity (Wildman–Crippen MR) is 485 cm³/mol. The lowest BCUT2D eigenvalue weighted by molar-refractivity contribution is -0.139. The van der Waals surface area contributed by atoms with Gasteiger partial charge in [-0.15, -0.1) is 0 Å². The van der Waals surface area contributed by atoms with Gasteiger partial charge in [-0.1, -0.05) is 12.1 Å². The van der Waals surface area contributed by atoms with Gasteiger partial charge in [0.05, 0.1) is 23.9 Å². The van der Waals surface area contributed by atoms with Gasteiger partial charge in [0.25, 0.3) is 0 Å². The maximum atomic E-state index is 14.1. The van der Waals surface area contributed by atoms with Crippen LogP contribution in [0, 0.1) is 41.1 Å². The van der Waals surface area contributed by atoms with E-state index in [1.807, 2.05) is 60.7 Å². The first-order valence-corrected chi connectivity index (χ1v) is 45.9. The van der Waals surface area contributed by atoms with E-state index < -0.39 is 47.4 Å². The highest BCUT2D eigenvalue weighted by Gasteiger charge is 2.62. The lowest BCUT2D eigenvalue weighted by Crippen LogP contribution is -2.20. The number of aromatic nitrogens is 6. The number of ketones is 4. The Balaban J connectivity index is 0.000000112. The van der Waals surface area contributed by atoms with Crippen molar-refractivity contribution in [2.24, 2.45) is 23.7 Å². The van der Waals surface area contributed by atoms with E-state index in [4.69, 9.17) is 42.6 Å². The molecular weight excluding hydrogens is 1840 g/mol. The normalized spacial score (nSPS) is 21.5. The summed E-state index contributed by atoms with van der Waals surface area (Å²) >= 11 is 0. The van der Waals surface area contributed by atoms with Crippen LogP contribution in [0.15, 0.2) is 195 Å². The number of carbonyl (C=O) groups excluding carboxylic acids is 8. The van der Waals surface area contributed by atoms with E-state index in [1.54, 1.807) is 73.4 Å². The average molecular weight is 1930 g/mol. The third-order valence-corrected chi connectivity index (χ3v) is 27.2. The molecule has 36 heteroatoms. The number of rotatable bonds is 25. The largest absolute Gasteiger partial charge is 0.496 e. The molecule has 0 bridgehead atoms. The minimum atomic E-state index is -4.61. The zero-order valence-corrected chi connectivity index (χ0v) is 74.7. The number of amides is 4. The van der Waals surface area contributed by atoms with Crippen LogP contribution in [0.1, 0.15) is 153 Å². The number of ether oxygens (including phenoxy) is 9. The minimum absolute atomic E-state index is 0.0302. The number of pyridine rings is 4. The monoisotopic (exact) mass is 1930 g/mol. The summed E-state index contributed by atoms with van der Waals surface area (Å²) in [6.45, 7) is 0. The number of fused-ring (bicyclic) bond motifs is 16. The molecule has 4 saturated carbocycles. The second kappa shape index (κ2) is 37.3. The van der Waals surface area contributed by atoms with Gasteiger partial charge in [-0.25, -0.2) is 43.1 Å². The molecule has 4 aliphatic carbocycles. The number of hydrogen-bond acceptors (Lipinski definition) is 23. The summed E-state index contributed by atoms with van der Waals surface area (Å²) in [7, 11) is 1.18. The molecule has 12 aromatic rings. The van der Waals surface area contributed by atoms with Crippen molar-refractivity contribution < 1.29 is 121 Å². The quantitative estimate of drug-likeness (QED) is 0.0386. The number of alkyl halides is 6. The first-order valence-electron chi connectivity index (χ1n) is 45.9. The summed E-state index contributed by atoms with van der Waals surface area (Å²) < 4.78 is 173. The molecule has 4 fully saturated rings. The van der Waals surface area contributed by atoms with Crippen molar-refractivity contribution in [3.63, 3.8) is 0 Å². The molecule has 5 aromatic heterocycles. The molecule has 7 aromatic carbocycles. The van der Waals surface area contributed by atoms with E-state index in [0.717, 1.165) is 91.7 Å². The third kappa shape index (κ3) is 19.5. The van der Waals surface area contributed by atoms with Gasteiger partial charge in [0.1, 0.15) is 169 Å². The molecule has 0 radical (unpaired) electrons. The number of Topliss-reactive ketones (excluding diaryl/α,β-unsaturated/α-hetero) is 4. The molecule has 0 spiro atoms. The number of anilines is 4. The molecule has 718 valence electrons. The van der Waals surface area contributed by atoms with E-state index in [-0.39, 0.29) is 168 Å². The number of hydrogen-bond donors (Lipinski definition) is 4.